The van der Waals surface area contributed by atoms with Gasteiger partial charge in [0.1, 0.15) is 5.75 Å². The lowest BCUT2D eigenvalue weighted by Crippen LogP contribution is -2.31. The second-order valence-corrected chi connectivity index (χ2v) is 4.65. The van der Waals surface area contributed by atoms with E-state index in [1.807, 2.05) is 26.0 Å². The molecule has 0 bridgehead atoms. The maximum absolute atomic E-state index is 11.8. The van der Waals surface area contributed by atoms with Gasteiger partial charge in [0.05, 0.1) is 12.2 Å². The summed E-state index contributed by atoms with van der Waals surface area (Å²) in [5.41, 5.74) is 0.759. The third-order valence-corrected chi connectivity index (χ3v) is 2.59. The van der Waals surface area contributed by atoms with E-state index in [2.05, 4.69) is 5.32 Å². The zero-order valence-electron chi connectivity index (χ0n) is 12.3. The molecule has 110 valence electrons. The van der Waals surface area contributed by atoms with Crippen LogP contribution >= 0.6 is 0 Å². The summed E-state index contributed by atoms with van der Waals surface area (Å²) in [7, 11) is 1.39. The van der Waals surface area contributed by atoms with Gasteiger partial charge in [0.25, 0.3) is 0 Å². The van der Waals surface area contributed by atoms with Crippen LogP contribution in [-0.2, 0) is 9.59 Å². The van der Waals surface area contributed by atoms with Crippen molar-refractivity contribution in [3.05, 3.63) is 35.9 Å². The molecule has 0 aromatic heterocycles. The maximum atomic E-state index is 11.8. The Kier molecular flexibility index (Phi) is 6.15. The van der Waals surface area contributed by atoms with Crippen molar-refractivity contribution >= 4 is 17.8 Å². The zero-order valence-corrected chi connectivity index (χ0v) is 12.3. The highest BCUT2D eigenvalue weighted by molar-refractivity contribution is 6.10. The number of amides is 1. The first-order valence-corrected chi connectivity index (χ1v) is 6.57. The highest BCUT2D eigenvalue weighted by Crippen LogP contribution is 2.16. The summed E-state index contributed by atoms with van der Waals surface area (Å²) in [6, 6.07) is 8.90. The quantitative estimate of drug-likeness (QED) is 0.640. The molecule has 1 amide bonds. The maximum Gasteiger partial charge on any atom is 0.245 e. The lowest BCUT2D eigenvalue weighted by molar-refractivity contribution is -0.129. The van der Waals surface area contributed by atoms with Gasteiger partial charge in [-0.2, -0.15) is 5.26 Å². The van der Waals surface area contributed by atoms with Crippen molar-refractivity contribution in [2.45, 2.75) is 20.0 Å². The molecule has 1 atom stereocenters. The van der Waals surface area contributed by atoms with Crippen molar-refractivity contribution in [3.63, 3.8) is 0 Å². The summed E-state index contributed by atoms with van der Waals surface area (Å²) >= 11 is 0. The number of allylic oxidation sites excluding steroid dienone is 1. The Bertz CT molecular complexity index is 585. The molecule has 0 spiro atoms. The number of rotatable bonds is 6. The molecule has 1 aromatic rings. The molecule has 0 heterocycles. The van der Waals surface area contributed by atoms with Crippen molar-refractivity contribution in [1.29, 1.82) is 5.26 Å². The fourth-order valence-electron chi connectivity index (χ4n) is 1.63. The summed E-state index contributed by atoms with van der Waals surface area (Å²) in [6.07, 6.45) is 2.85. The summed E-state index contributed by atoms with van der Waals surface area (Å²) in [6.45, 7) is 3.85. The van der Waals surface area contributed by atoms with Gasteiger partial charge < -0.3 is 10.1 Å². The molecule has 0 aliphatic carbocycles. The number of nitriles is 1. The fourth-order valence-corrected chi connectivity index (χ4v) is 1.63. The van der Waals surface area contributed by atoms with Crippen molar-refractivity contribution in [1.82, 2.24) is 5.32 Å². The van der Waals surface area contributed by atoms with Gasteiger partial charge in [-0.15, -0.1) is 0 Å². The lowest BCUT2D eigenvalue weighted by Gasteiger charge is -2.09. The summed E-state index contributed by atoms with van der Waals surface area (Å²) < 4.78 is 5.55. The highest BCUT2D eigenvalue weighted by Gasteiger charge is 2.22. The van der Waals surface area contributed by atoms with E-state index in [1.54, 1.807) is 24.3 Å². The monoisotopic (exact) mass is 286 g/mol. The number of benzene rings is 1. The predicted octanol–water partition coefficient (Wildman–Crippen LogP) is 1.94. The normalized spacial score (nSPS) is 12.0. The number of ether oxygens (including phenoxy) is 1. The average Bonchev–Trinajstić information content (AvgIpc) is 2.45. The SMILES string of the molecule is CNC(=O)[C@@H](C#N)C(=O)/C=C\c1cccc(OC(C)C)c1. The standard InChI is InChI=1S/C16H18N2O3/c1-11(2)21-13-6-4-5-12(9-13)7-8-15(19)14(10-17)16(20)18-3/h4-9,11,14H,1-3H3,(H,18,20)/b8-7-/t14-/m0/s1. The second-order valence-electron chi connectivity index (χ2n) is 4.65. The molecule has 0 fully saturated rings. The van der Waals surface area contributed by atoms with Crippen molar-refractivity contribution in [2.24, 2.45) is 5.92 Å². The topological polar surface area (TPSA) is 79.2 Å². The van der Waals surface area contributed by atoms with Gasteiger partial charge in [-0.3, -0.25) is 9.59 Å². The minimum atomic E-state index is -1.32. The number of hydrogen-bond donors (Lipinski definition) is 1. The van der Waals surface area contributed by atoms with Crippen LogP contribution in [0.4, 0.5) is 0 Å². The minimum Gasteiger partial charge on any atom is -0.491 e. The van der Waals surface area contributed by atoms with Gasteiger partial charge in [-0.05, 0) is 37.6 Å². The van der Waals surface area contributed by atoms with E-state index in [0.29, 0.717) is 5.75 Å². The summed E-state index contributed by atoms with van der Waals surface area (Å²) in [5.74, 6) is -1.78. The molecule has 1 rings (SSSR count). The van der Waals surface area contributed by atoms with Gasteiger partial charge in [0.15, 0.2) is 11.7 Å². The smallest absolute Gasteiger partial charge is 0.245 e. The first-order valence-electron chi connectivity index (χ1n) is 6.57. The van der Waals surface area contributed by atoms with Crippen molar-refractivity contribution < 1.29 is 14.3 Å². The number of nitrogens with one attached hydrogen (secondary N) is 1. The molecule has 0 radical (unpaired) electrons. The third-order valence-electron chi connectivity index (χ3n) is 2.59. The Hall–Kier alpha value is -2.61. The average molecular weight is 286 g/mol. The molecule has 0 saturated heterocycles. The third kappa shape index (κ3) is 5.11. The van der Waals surface area contributed by atoms with Crippen LogP contribution in [0.1, 0.15) is 19.4 Å². The van der Waals surface area contributed by atoms with E-state index in [0.717, 1.165) is 5.56 Å². The van der Waals surface area contributed by atoms with Crippen LogP contribution in [0, 0.1) is 17.2 Å². The first-order chi connectivity index (χ1) is 9.97. The van der Waals surface area contributed by atoms with Gasteiger partial charge >= 0.3 is 0 Å². The fraction of sp³-hybridized carbons (Fsp3) is 0.312. The van der Waals surface area contributed by atoms with E-state index >= 15 is 0 Å². The number of carbonyl (C=O) groups excluding carboxylic acids is 2. The molecule has 5 nitrogen and oxygen atoms in total. The number of hydrogen-bond acceptors (Lipinski definition) is 4. The summed E-state index contributed by atoms with van der Waals surface area (Å²) in [4.78, 5) is 23.2. The molecule has 1 aromatic carbocycles. The van der Waals surface area contributed by atoms with Gasteiger partial charge in [0, 0.05) is 7.05 Å². The predicted molar refractivity (Wildman–Crippen MR) is 79.4 cm³/mol. The minimum absolute atomic E-state index is 0.0575. The van der Waals surface area contributed by atoms with Gasteiger partial charge in [-0.1, -0.05) is 18.2 Å². The Morgan fingerprint density at radius 2 is 2.10 bits per heavy atom. The van der Waals surface area contributed by atoms with Crippen LogP contribution in [0.15, 0.2) is 30.3 Å². The Labute approximate surface area is 124 Å². The van der Waals surface area contributed by atoms with E-state index < -0.39 is 17.6 Å². The molecular formula is C16H18N2O3. The van der Waals surface area contributed by atoms with Crippen LogP contribution in [0.25, 0.3) is 6.08 Å². The van der Waals surface area contributed by atoms with E-state index in [4.69, 9.17) is 10.00 Å². The molecular weight excluding hydrogens is 268 g/mol. The van der Waals surface area contributed by atoms with Crippen LogP contribution in [-0.4, -0.2) is 24.8 Å². The van der Waals surface area contributed by atoms with Crippen LogP contribution < -0.4 is 10.1 Å². The molecule has 5 heteroatoms. The molecule has 0 saturated carbocycles. The number of nitrogens with zero attached hydrogens (tertiary/aromatic N) is 1. The molecule has 0 unspecified atom stereocenters. The van der Waals surface area contributed by atoms with E-state index in [9.17, 15) is 9.59 Å². The van der Waals surface area contributed by atoms with Gasteiger partial charge in [0.2, 0.25) is 5.91 Å². The van der Waals surface area contributed by atoms with E-state index in [-0.39, 0.29) is 6.10 Å². The summed E-state index contributed by atoms with van der Waals surface area (Å²) in [5, 5.41) is 11.1. The van der Waals surface area contributed by atoms with Crippen LogP contribution in [0.2, 0.25) is 0 Å². The van der Waals surface area contributed by atoms with Crippen molar-refractivity contribution in [3.8, 4) is 11.8 Å². The number of ketones is 1. The Morgan fingerprint density at radius 3 is 2.67 bits per heavy atom. The Morgan fingerprint density at radius 1 is 1.38 bits per heavy atom. The van der Waals surface area contributed by atoms with Crippen LogP contribution in [0.3, 0.4) is 0 Å². The highest BCUT2D eigenvalue weighted by atomic mass is 16.5. The Balaban J connectivity index is 2.83. The molecule has 0 aliphatic rings. The molecule has 21 heavy (non-hydrogen) atoms. The molecule has 1 N–H and O–H groups in total. The molecule has 0 aliphatic heterocycles. The van der Waals surface area contributed by atoms with E-state index in [1.165, 1.54) is 13.1 Å². The second kappa shape index (κ2) is 7.85. The first kappa shape index (κ1) is 16.4. The van der Waals surface area contributed by atoms with Crippen molar-refractivity contribution in [2.75, 3.05) is 7.05 Å². The zero-order chi connectivity index (χ0) is 15.8. The lowest BCUT2D eigenvalue weighted by atomic mass is 10.0. The van der Waals surface area contributed by atoms with Crippen LogP contribution in [0.5, 0.6) is 5.75 Å². The number of carbonyl (C=O) groups is 2. The van der Waals surface area contributed by atoms with Gasteiger partial charge in [-0.25, -0.2) is 0 Å². The largest absolute Gasteiger partial charge is 0.491 e.